The van der Waals surface area contributed by atoms with Crippen LogP contribution in [0.2, 0.25) is 0 Å². The number of nitrogens with zero attached hydrogens (tertiary/aromatic N) is 1. The van der Waals surface area contributed by atoms with Crippen molar-refractivity contribution < 1.29 is 14.3 Å². The zero-order valence-corrected chi connectivity index (χ0v) is 12.1. The van der Waals surface area contributed by atoms with Gasteiger partial charge >= 0.3 is 0 Å². The number of likely N-dealkylation sites (N-methyl/N-ethyl adjacent to an activating group) is 1. The number of benzene rings is 1. The zero-order valence-electron chi connectivity index (χ0n) is 11.3. The molecule has 1 amide bonds. The highest BCUT2D eigenvalue weighted by molar-refractivity contribution is 5.95. The maximum Gasteiger partial charge on any atom is 0.254 e. The van der Waals surface area contributed by atoms with Gasteiger partial charge in [0.25, 0.3) is 5.91 Å². The van der Waals surface area contributed by atoms with E-state index in [0.29, 0.717) is 17.1 Å². The first-order valence-electron chi connectivity index (χ1n) is 5.87. The normalized spacial score (nSPS) is 14.1. The Morgan fingerprint density at radius 2 is 1.89 bits per heavy atom. The molecule has 106 valence electrons. The van der Waals surface area contributed by atoms with Crippen molar-refractivity contribution in [3.63, 3.8) is 0 Å². The Morgan fingerprint density at radius 1 is 1.26 bits per heavy atom. The molecule has 2 rings (SSSR count). The van der Waals surface area contributed by atoms with Crippen molar-refractivity contribution in [3.05, 3.63) is 23.8 Å². The zero-order chi connectivity index (χ0) is 13.1. The molecule has 1 N–H and O–H groups in total. The molecule has 0 aliphatic carbocycles. The molecule has 0 atom stereocenters. The monoisotopic (exact) mass is 286 g/mol. The summed E-state index contributed by atoms with van der Waals surface area (Å²) in [4.78, 5) is 14.0. The predicted octanol–water partition coefficient (Wildman–Crippen LogP) is 1.17. The van der Waals surface area contributed by atoms with E-state index in [1.54, 1.807) is 37.3 Å². The van der Waals surface area contributed by atoms with Crippen LogP contribution in [-0.4, -0.2) is 51.2 Å². The van der Waals surface area contributed by atoms with Crippen molar-refractivity contribution in [1.82, 2.24) is 10.2 Å². The number of hydrogen-bond donors (Lipinski definition) is 1. The first-order valence-corrected chi connectivity index (χ1v) is 5.87. The third-order valence-electron chi connectivity index (χ3n) is 3.26. The topological polar surface area (TPSA) is 50.8 Å². The van der Waals surface area contributed by atoms with Crippen LogP contribution >= 0.6 is 12.4 Å². The molecule has 0 radical (unpaired) electrons. The Labute approximate surface area is 119 Å². The van der Waals surface area contributed by atoms with E-state index in [0.717, 1.165) is 13.1 Å². The molecule has 0 unspecified atom stereocenters. The fourth-order valence-electron chi connectivity index (χ4n) is 1.89. The SMILES string of the molecule is COc1ccc(C(=O)N(C)C2CNC2)cc1OC.Cl. The summed E-state index contributed by atoms with van der Waals surface area (Å²) in [5, 5.41) is 3.15. The number of halogens is 1. The maximum absolute atomic E-state index is 12.2. The number of amides is 1. The molecule has 1 aliphatic heterocycles. The summed E-state index contributed by atoms with van der Waals surface area (Å²) in [5.41, 5.74) is 0.613. The minimum Gasteiger partial charge on any atom is -0.493 e. The van der Waals surface area contributed by atoms with Crippen molar-refractivity contribution in [3.8, 4) is 11.5 Å². The standard InChI is InChI=1S/C13H18N2O3.ClH/c1-15(10-7-14-8-10)13(16)9-4-5-11(17-2)12(6-9)18-3;/h4-6,10,14H,7-8H2,1-3H3;1H. The molecule has 1 saturated heterocycles. The third kappa shape index (κ3) is 3.11. The number of carbonyl (C=O) groups excluding carboxylic acids is 1. The maximum atomic E-state index is 12.2. The lowest BCUT2D eigenvalue weighted by Gasteiger charge is -2.35. The molecule has 5 nitrogen and oxygen atoms in total. The van der Waals surface area contributed by atoms with Gasteiger partial charge in [-0.05, 0) is 18.2 Å². The minimum atomic E-state index is 0. The summed E-state index contributed by atoms with van der Waals surface area (Å²) in [6, 6.07) is 5.50. The minimum absolute atomic E-state index is 0. The number of hydrogen-bond acceptors (Lipinski definition) is 4. The second-order valence-electron chi connectivity index (χ2n) is 4.30. The largest absolute Gasteiger partial charge is 0.493 e. The molecule has 1 aromatic rings. The van der Waals surface area contributed by atoms with E-state index in [1.807, 2.05) is 7.05 Å². The molecule has 1 aromatic carbocycles. The Kier molecular flexibility index (Phi) is 5.44. The van der Waals surface area contributed by atoms with Crippen molar-refractivity contribution in [2.45, 2.75) is 6.04 Å². The van der Waals surface area contributed by atoms with Crippen LogP contribution in [-0.2, 0) is 0 Å². The van der Waals surface area contributed by atoms with E-state index in [9.17, 15) is 4.79 Å². The first-order chi connectivity index (χ1) is 8.67. The van der Waals surface area contributed by atoms with E-state index < -0.39 is 0 Å². The summed E-state index contributed by atoms with van der Waals surface area (Å²) in [5.74, 6) is 1.20. The van der Waals surface area contributed by atoms with Gasteiger partial charge in [-0.25, -0.2) is 0 Å². The van der Waals surface area contributed by atoms with Gasteiger partial charge in [-0.3, -0.25) is 4.79 Å². The van der Waals surface area contributed by atoms with Gasteiger partial charge in [0.1, 0.15) is 0 Å². The highest BCUT2D eigenvalue weighted by atomic mass is 35.5. The van der Waals surface area contributed by atoms with E-state index in [1.165, 1.54) is 0 Å². The second kappa shape index (κ2) is 6.63. The Hall–Kier alpha value is -1.46. The molecule has 0 saturated carbocycles. The van der Waals surface area contributed by atoms with Gasteiger partial charge in [-0.2, -0.15) is 0 Å². The van der Waals surface area contributed by atoms with Crippen LogP contribution < -0.4 is 14.8 Å². The van der Waals surface area contributed by atoms with Crippen LogP contribution in [0.3, 0.4) is 0 Å². The fraction of sp³-hybridized carbons (Fsp3) is 0.462. The van der Waals surface area contributed by atoms with Gasteiger partial charge in [0.2, 0.25) is 0 Å². The number of nitrogens with one attached hydrogen (secondary N) is 1. The summed E-state index contributed by atoms with van der Waals surface area (Å²) in [7, 11) is 4.96. The van der Waals surface area contributed by atoms with Gasteiger partial charge in [0.05, 0.1) is 20.3 Å². The molecule has 19 heavy (non-hydrogen) atoms. The lowest BCUT2D eigenvalue weighted by molar-refractivity contribution is 0.0681. The van der Waals surface area contributed by atoms with Crippen LogP contribution in [0.15, 0.2) is 18.2 Å². The summed E-state index contributed by atoms with van der Waals surface area (Å²) in [6.45, 7) is 1.71. The van der Waals surface area contributed by atoms with Crippen molar-refractivity contribution in [2.24, 2.45) is 0 Å². The smallest absolute Gasteiger partial charge is 0.254 e. The van der Waals surface area contributed by atoms with Gasteiger partial charge in [0, 0.05) is 25.7 Å². The second-order valence-corrected chi connectivity index (χ2v) is 4.30. The fourth-order valence-corrected chi connectivity index (χ4v) is 1.89. The average Bonchev–Trinajstić information content (AvgIpc) is 2.34. The Morgan fingerprint density at radius 3 is 2.37 bits per heavy atom. The van der Waals surface area contributed by atoms with Crippen LogP contribution in [0.5, 0.6) is 11.5 Å². The van der Waals surface area contributed by atoms with Crippen LogP contribution in [0.25, 0.3) is 0 Å². The Bertz CT molecular complexity index is 450. The number of methoxy groups -OCH3 is 2. The number of ether oxygens (including phenoxy) is 2. The molecule has 0 aromatic heterocycles. The highest BCUT2D eigenvalue weighted by Gasteiger charge is 2.26. The first kappa shape index (κ1) is 15.6. The van der Waals surface area contributed by atoms with Crippen LogP contribution in [0.1, 0.15) is 10.4 Å². The van der Waals surface area contributed by atoms with E-state index in [-0.39, 0.29) is 24.4 Å². The third-order valence-corrected chi connectivity index (χ3v) is 3.26. The number of carbonyl (C=O) groups is 1. The summed E-state index contributed by atoms with van der Waals surface area (Å²) in [6.07, 6.45) is 0. The molecule has 1 heterocycles. The van der Waals surface area contributed by atoms with Gasteiger partial charge in [-0.1, -0.05) is 0 Å². The predicted molar refractivity (Wildman–Crippen MR) is 75.5 cm³/mol. The van der Waals surface area contributed by atoms with Crippen molar-refractivity contribution in [1.29, 1.82) is 0 Å². The van der Waals surface area contributed by atoms with Crippen molar-refractivity contribution >= 4 is 18.3 Å². The molecule has 1 aliphatic rings. The van der Waals surface area contributed by atoms with Crippen molar-refractivity contribution in [2.75, 3.05) is 34.4 Å². The van der Waals surface area contributed by atoms with Crippen LogP contribution in [0, 0.1) is 0 Å². The quantitative estimate of drug-likeness (QED) is 0.903. The molecule has 6 heteroatoms. The van der Waals surface area contributed by atoms with Gasteiger partial charge < -0.3 is 19.7 Å². The average molecular weight is 287 g/mol. The molecular formula is C13H19ClN2O3. The molecule has 1 fully saturated rings. The summed E-state index contributed by atoms with van der Waals surface area (Å²) >= 11 is 0. The number of rotatable bonds is 4. The van der Waals surface area contributed by atoms with E-state index in [2.05, 4.69) is 5.32 Å². The molecule has 0 spiro atoms. The Balaban J connectivity index is 0.00000180. The van der Waals surface area contributed by atoms with E-state index in [4.69, 9.17) is 9.47 Å². The highest BCUT2D eigenvalue weighted by Crippen LogP contribution is 2.28. The van der Waals surface area contributed by atoms with Gasteiger partial charge in [-0.15, -0.1) is 12.4 Å². The molecular weight excluding hydrogens is 268 g/mol. The lowest BCUT2D eigenvalue weighted by atomic mass is 10.1. The van der Waals surface area contributed by atoms with Crippen LogP contribution in [0.4, 0.5) is 0 Å². The lowest BCUT2D eigenvalue weighted by Crippen LogP contribution is -2.57. The van der Waals surface area contributed by atoms with E-state index >= 15 is 0 Å². The summed E-state index contributed by atoms with van der Waals surface area (Å²) < 4.78 is 10.4. The molecule has 0 bridgehead atoms. The van der Waals surface area contributed by atoms with Gasteiger partial charge in [0.15, 0.2) is 11.5 Å².